The van der Waals surface area contributed by atoms with Gasteiger partial charge in [0.05, 0.1) is 0 Å². The van der Waals surface area contributed by atoms with Gasteiger partial charge in [0, 0.05) is 18.8 Å². The summed E-state index contributed by atoms with van der Waals surface area (Å²) in [4.78, 5) is 2.43. The van der Waals surface area contributed by atoms with E-state index in [-0.39, 0.29) is 0 Å². The molecule has 0 atom stereocenters. The summed E-state index contributed by atoms with van der Waals surface area (Å²) >= 11 is 0. The van der Waals surface area contributed by atoms with Crippen LogP contribution in [0.4, 0.5) is 5.69 Å². The Morgan fingerprint density at radius 1 is 0.600 bits per heavy atom. The van der Waals surface area contributed by atoms with Crippen molar-refractivity contribution in [1.29, 1.82) is 0 Å². The van der Waals surface area contributed by atoms with E-state index >= 15 is 0 Å². The predicted molar refractivity (Wildman–Crippen MR) is 129 cm³/mol. The van der Waals surface area contributed by atoms with E-state index in [1.165, 1.54) is 33.5 Å². The van der Waals surface area contributed by atoms with Crippen molar-refractivity contribution in [3.8, 4) is 0 Å². The SMILES string of the molecule is CC(=Cc1ccc(N(Cc2ccccc2)Cc2ccccc2)cc1)c1ccccc1. The van der Waals surface area contributed by atoms with Crippen LogP contribution in [0.1, 0.15) is 29.2 Å². The fraction of sp³-hybridized carbons (Fsp3) is 0.103. The molecule has 0 radical (unpaired) electrons. The van der Waals surface area contributed by atoms with Crippen LogP contribution in [0.5, 0.6) is 0 Å². The summed E-state index contributed by atoms with van der Waals surface area (Å²) in [7, 11) is 0. The van der Waals surface area contributed by atoms with Crippen LogP contribution >= 0.6 is 0 Å². The van der Waals surface area contributed by atoms with E-state index in [0.29, 0.717) is 0 Å². The van der Waals surface area contributed by atoms with Gasteiger partial charge in [0.25, 0.3) is 0 Å². The molecule has 4 aromatic carbocycles. The van der Waals surface area contributed by atoms with Crippen molar-refractivity contribution in [2.24, 2.45) is 0 Å². The van der Waals surface area contributed by atoms with Gasteiger partial charge in [-0.3, -0.25) is 0 Å². The topological polar surface area (TPSA) is 3.24 Å². The lowest BCUT2D eigenvalue weighted by molar-refractivity contribution is 0.800. The maximum absolute atomic E-state index is 2.43. The van der Waals surface area contributed by atoms with Crippen molar-refractivity contribution in [2.75, 3.05) is 4.90 Å². The molecule has 1 nitrogen and oxygen atoms in total. The van der Waals surface area contributed by atoms with Crippen molar-refractivity contribution in [2.45, 2.75) is 20.0 Å². The minimum atomic E-state index is 0.883. The van der Waals surface area contributed by atoms with Gasteiger partial charge in [-0.25, -0.2) is 0 Å². The van der Waals surface area contributed by atoms with Crippen LogP contribution in [0.2, 0.25) is 0 Å². The molecule has 0 aromatic heterocycles. The molecule has 0 spiro atoms. The van der Waals surface area contributed by atoms with Gasteiger partial charge in [-0.15, -0.1) is 0 Å². The molecule has 0 aliphatic carbocycles. The highest BCUT2D eigenvalue weighted by Gasteiger charge is 2.09. The fourth-order valence-corrected chi connectivity index (χ4v) is 3.66. The van der Waals surface area contributed by atoms with Gasteiger partial charge in [-0.2, -0.15) is 0 Å². The fourth-order valence-electron chi connectivity index (χ4n) is 3.66. The Labute approximate surface area is 179 Å². The van der Waals surface area contributed by atoms with Gasteiger partial charge >= 0.3 is 0 Å². The molecule has 148 valence electrons. The monoisotopic (exact) mass is 389 g/mol. The first-order valence-corrected chi connectivity index (χ1v) is 10.4. The molecule has 0 amide bonds. The Balaban J connectivity index is 1.57. The summed E-state index contributed by atoms with van der Waals surface area (Å²) in [5.74, 6) is 0. The third kappa shape index (κ3) is 5.27. The molecule has 30 heavy (non-hydrogen) atoms. The molecule has 0 bridgehead atoms. The zero-order chi connectivity index (χ0) is 20.6. The second-order valence-corrected chi connectivity index (χ2v) is 7.61. The summed E-state index contributed by atoms with van der Waals surface area (Å²) in [5, 5.41) is 0. The Morgan fingerprint density at radius 2 is 1.07 bits per heavy atom. The Kier molecular flexibility index (Phi) is 6.41. The highest BCUT2D eigenvalue weighted by atomic mass is 15.1. The molecule has 0 aliphatic heterocycles. The average molecular weight is 390 g/mol. The number of allylic oxidation sites excluding steroid dienone is 1. The lowest BCUT2D eigenvalue weighted by Gasteiger charge is -2.25. The minimum absolute atomic E-state index is 0.883. The quantitative estimate of drug-likeness (QED) is 0.297. The average Bonchev–Trinajstić information content (AvgIpc) is 2.81. The number of anilines is 1. The standard InChI is InChI=1S/C29H27N/c1-24(28-15-9-4-10-16-28)21-25-17-19-29(20-18-25)30(22-26-11-5-2-6-12-26)23-27-13-7-3-8-14-27/h2-21H,22-23H2,1H3. The van der Waals surface area contributed by atoms with E-state index in [0.717, 1.165) is 13.1 Å². The number of rotatable bonds is 7. The minimum Gasteiger partial charge on any atom is -0.363 e. The van der Waals surface area contributed by atoms with Crippen LogP contribution in [0.3, 0.4) is 0 Å². The largest absolute Gasteiger partial charge is 0.363 e. The Morgan fingerprint density at radius 3 is 1.57 bits per heavy atom. The van der Waals surface area contributed by atoms with E-state index in [1.807, 2.05) is 0 Å². The van der Waals surface area contributed by atoms with Crippen LogP contribution in [-0.4, -0.2) is 0 Å². The molecule has 0 unspecified atom stereocenters. The second-order valence-electron chi connectivity index (χ2n) is 7.61. The van der Waals surface area contributed by atoms with Crippen molar-refractivity contribution >= 4 is 17.3 Å². The summed E-state index contributed by atoms with van der Waals surface area (Å²) < 4.78 is 0. The number of benzene rings is 4. The summed E-state index contributed by atoms with van der Waals surface area (Å²) in [6, 6.07) is 40.8. The number of hydrogen-bond donors (Lipinski definition) is 0. The lowest BCUT2D eigenvalue weighted by Crippen LogP contribution is -2.22. The van der Waals surface area contributed by atoms with Crippen LogP contribution in [-0.2, 0) is 13.1 Å². The Bertz CT molecular complexity index is 1020. The normalized spacial score (nSPS) is 11.3. The first kappa shape index (κ1) is 19.7. The highest BCUT2D eigenvalue weighted by Crippen LogP contribution is 2.23. The zero-order valence-electron chi connectivity index (χ0n) is 17.4. The Hall–Kier alpha value is -3.58. The van der Waals surface area contributed by atoms with E-state index < -0.39 is 0 Å². The second kappa shape index (κ2) is 9.76. The van der Waals surface area contributed by atoms with Gasteiger partial charge in [-0.05, 0) is 46.9 Å². The molecule has 4 aromatic rings. The molecule has 1 heteroatoms. The molecular weight excluding hydrogens is 362 g/mol. The first-order chi connectivity index (χ1) is 14.8. The molecule has 4 rings (SSSR count). The number of nitrogens with zero attached hydrogens (tertiary/aromatic N) is 1. The molecule has 0 saturated heterocycles. The van der Waals surface area contributed by atoms with Gasteiger partial charge in [0.2, 0.25) is 0 Å². The molecule has 0 aliphatic rings. The summed E-state index contributed by atoms with van der Waals surface area (Å²) in [5.41, 5.74) is 7.62. The van der Waals surface area contributed by atoms with Gasteiger partial charge in [-0.1, -0.05) is 109 Å². The molecule has 0 fully saturated rings. The third-order valence-corrected chi connectivity index (χ3v) is 5.30. The molecule has 0 N–H and O–H groups in total. The van der Waals surface area contributed by atoms with Crippen molar-refractivity contribution < 1.29 is 0 Å². The van der Waals surface area contributed by atoms with Crippen LogP contribution in [0.15, 0.2) is 115 Å². The first-order valence-electron chi connectivity index (χ1n) is 10.4. The highest BCUT2D eigenvalue weighted by molar-refractivity contribution is 5.80. The maximum atomic E-state index is 2.43. The van der Waals surface area contributed by atoms with Gasteiger partial charge < -0.3 is 4.90 Å². The van der Waals surface area contributed by atoms with Crippen LogP contribution in [0, 0.1) is 0 Å². The molecule has 0 saturated carbocycles. The lowest BCUT2D eigenvalue weighted by atomic mass is 10.0. The predicted octanol–water partition coefficient (Wildman–Crippen LogP) is 7.45. The molecular formula is C29H27N. The third-order valence-electron chi connectivity index (χ3n) is 5.30. The van der Waals surface area contributed by atoms with Gasteiger partial charge in [0.1, 0.15) is 0 Å². The smallest absolute Gasteiger partial charge is 0.0433 e. The van der Waals surface area contributed by atoms with E-state index in [9.17, 15) is 0 Å². The van der Waals surface area contributed by atoms with Crippen LogP contribution < -0.4 is 4.90 Å². The van der Waals surface area contributed by atoms with Crippen molar-refractivity contribution in [3.05, 3.63) is 138 Å². The summed E-state index contributed by atoms with van der Waals surface area (Å²) in [6.07, 6.45) is 2.25. The maximum Gasteiger partial charge on any atom is 0.0433 e. The zero-order valence-corrected chi connectivity index (χ0v) is 17.4. The van der Waals surface area contributed by atoms with E-state index in [2.05, 4.69) is 133 Å². The van der Waals surface area contributed by atoms with Gasteiger partial charge in [0.15, 0.2) is 0 Å². The number of hydrogen-bond acceptors (Lipinski definition) is 1. The van der Waals surface area contributed by atoms with Crippen molar-refractivity contribution in [1.82, 2.24) is 0 Å². The van der Waals surface area contributed by atoms with E-state index in [1.54, 1.807) is 0 Å². The molecule has 0 heterocycles. The summed E-state index contributed by atoms with van der Waals surface area (Å²) in [6.45, 7) is 3.93. The van der Waals surface area contributed by atoms with E-state index in [4.69, 9.17) is 0 Å². The van der Waals surface area contributed by atoms with Crippen LogP contribution in [0.25, 0.3) is 11.6 Å². The van der Waals surface area contributed by atoms with Crippen molar-refractivity contribution in [3.63, 3.8) is 0 Å².